The summed E-state index contributed by atoms with van der Waals surface area (Å²) >= 11 is 0. The second-order valence-corrected chi connectivity index (χ2v) is 9.47. The van der Waals surface area contributed by atoms with Gasteiger partial charge in [0.15, 0.2) is 0 Å². The SMILES string of the molecule is CCN1C[C@H](C2=C3CCCC4(CC(F)CCC24)N3C(C)C)CC[C@H]1C. The third-order valence-electron chi connectivity index (χ3n) is 7.87. The molecular weight excluding hydrogens is 311 g/mol. The minimum atomic E-state index is -0.588. The molecule has 2 nitrogen and oxygen atoms in total. The molecule has 0 radical (unpaired) electrons. The molecule has 0 aromatic rings. The predicted molar refractivity (Wildman–Crippen MR) is 102 cm³/mol. The number of alkyl halides is 1. The number of rotatable bonds is 3. The molecule has 3 aliphatic heterocycles. The third kappa shape index (κ3) is 2.67. The van der Waals surface area contributed by atoms with Gasteiger partial charge in [0.1, 0.15) is 6.17 Å². The molecule has 3 heterocycles. The average molecular weight is 349 g/mol. The van der Waals surface area contributed by atoms with Crippen LogP contribution >= 0.6 is 0 Å². The lowest BCUT2D eigenvalue weighted by Crippen LogP contribution is -2.57. The topological polar surface area (TPSA) is 6.48 Å². The van der Waals surface area contributed by atoms with E-state index in [0.29, 0.717) is 17.9 Å². The number of nitrogens with zero attached hydrogens (tertiary/aromatic N) is 2. The van der Waals surface area contributed by atoms with E-state index < -0.39 is 6.17 Å². The fraction of sp³-hybridized carbons (Fsp3) is 0.909. The molecule has 1 saturated carbocycles. The van der Waals surface area contributed by atoms with Gasteiger partial charge in [-0.1, -0.05) is 6.92 Å². The maximum atomic E-state index is 14.5. The Balaban J connectivity index is 1.72. The zero-order valence-corrected chi connectivity index (χ0v) is 16.7. The Kier molecular flexibility index (Phi) is 4.67. The standard InChI is InChI=1S/C22H37FN2/c1-5-24-14-17(9-8-16(24)4)21-19-11-10-18(23)13-22(19)12-6-7-20(21)25(22)15(2)3/h15-19H,5-14H2,1-4H3/t16-,17-,18?,19?,22?/m1/s1. The highest BCUT2D eigenvalue weighted by atomic mass is 19.1. The minimum Gasteiger partial charge on any atom is -0.366 e. The molecule has 0 aromatic heterocycles. The fourth-order valence-corrected chi connectivity index (χ4v) is 7.01. The first-order valence-electron chi connectivity index (χ1n) is 10.9. The predicted octanol–water partition coefficient (Wildman–Crippen LogP) is 5.15. The van der Waals surface area contributed by atoms with Crippen LogP contribution in [-0.4, -0.2) is 46.7 Å². The van der Waals surface area contributed by atoms with Gasteiger partial charge >= 0.3 is 0 Å². The molecule has 4 aliphatic rings. The quantitative estimate of drug-likeness (QED) is 0.696. The number of hydrogen-bond donors (Lipinski definition) is 0. The fourth-order valence-electron chi connectivity index (χ4n) is 7.01. The lowest BCUT2D eigenvalue weighted by atomic mass is 9.65. The Morgan fingerprint density at radius 2 is 2.00 bits per heavy atom. The van der Waals surface area contributed by atoms with Gasteiger partial charge in [-0.05, 0) is 83.8 Å². The summed E-state index contributed by atoms with van der Waals surface area (Å²) in [6.45, 7) is 11.7. The molecule has 3 heteroatoms. The first-order valence-corrected chi connectivity index (χ1v) is 10.9. The normalized spacial score (nSPS) is 42.2. The monoisotopic (exact) mass is 348 g/mol. The second-order valence-electron chi connectivity index (χ2n) is 9.47. The van der Waals surface area contributed by atoms with E-state index in [2.05, 4.69) is 37.5 Å². The van der Waals surface area contributed by atoms with Gasteiger partial charge in [0.25, 0.3) is 0 Å². The van der Waals surface area contributed by atoms with Crippen LogP contribution in [0.3, 0.4) is 0 Å². The van der Waals surface area contributed by atoms with Gasteiger partial charge in [-0.2, -0.15) is 0 Å². The lowest BCUT2D eigenvalue weighted by molar-refractivity contribution is -0.0113. The average Bonchev–Trinajstić information content (AvgIpc) is 2.74. The maximum absolute atomic E-state index is 14.5. The summed E-state index contributed by atoms with van der Waals surface area (Å²) in [5.74, 6) is 1.35. The molecule has 1 aliphatic carbocycles. The Labute approximate surface area is 153 Å². The Bertz CT molecular complexity index is 542. The Hall–Kier alpha value is -0.570. The van der Waals surface area contributed by atoms with Gasteiger partial charge in [-0.3, -0.25) is 0 Å². The number of allylic oxidation sites excluding steroid dienone is 1. The van der Waals surface area contributed by atoms with E-state index in [9.17, 15) is 4.39 Å². The van der Waals surface area contributed by atoms with E-state index in [1.807, 2.05) is 0 Å². The van der Waals surface area contributed by atoms with E-state index in [1.54, 1.807) is 11.3 Å². The zero-order valence-electron chi connectivity index (χ0n) is 16.7. The van der Waals surface area contributed by atoms with Crippen molar-refractivity contribution in [3.63, 3.8) is 0 Å². The van der Waals surface area contributed by atoms with Crippen LogP contribution in [0.25, 0.3) is 0 Å². The number of likely N-dealkylation sites (tertiary alicyclic amines) is 1. The number of piperidine rings is 2. The van der Waals surface area contributed by atoms with Gasteiger partial charge < -0.3 is 9.80 Å². The summed E-state index contributed by atoms with van der Waals surface area (Å²) in [6, 6.07) is 1.23. The second kappa shape index (κ2) is 6.55. The summed E-state index contributed by atoms with van der Waals surface area (Å²) in [4.78, 5) is 5.40. The van der Waals surface area contributed by atoms with Crippen LogP contribution in [0.15, 0.2) is 11.3 Å². The Morgan fingerprint density at radius 1 is 1.20 bits per heavy atom. The van der Waals surface area contributed by atoms with Crippen LogP contribution in [0.1, 0.15) is 79.1 Å². The molecule has 142 valence electrons. The van der Waals surface area contributed by atoms with Crippen LogP contribution in [0.5, 0.6) is 0 Å². The number of hydrogen-bond acceptors (Lipinski definition) is 2. The van der Waals surface area contributed by atoms with Crippen LogP contribution in [-0.2, 0) is 0 Å². The molecule has 5 atom stereocenters. The molecule has 25 heavy (non-hydrogen) atoms. The smallest absolute Gasteiger partial charge is 0.102 e. The van der Waals surface area contributed by atoms with Crippen LogP contribution in [0.4, 0.5) is 4.39 Å². The number of halogens is 1. The molecule has 0 amide bonds. The van der Waals surface area contributed by atoms with Crippen molar-refractivity contribution in [3.05, 3.63) is 11.3 Å². The number of fused-ring (bicyclic) bond motifs is 1. The maximum Gasteiger partial charge on any atom is 0.102 e. The van der Waals surface area contributed by atoms with Gasteiger partial charge in [-0.25, -0.2) is 4.39 Å². The molecule has 1 spiro atoms. The van der Waals surface area contributed by atoms with Crippen molar-refractivity contribution >= 4 is 0 Å². The van der Waals surface area contributed by atoms with Crippen molar-refractivity contribution < 1.29 is 4.39 Å². The van der Waals surface area contributed by atoms with E-state index in [1.165, 1.54) is 38.6 Å². The molecule has 2 bridgehead atoms. The van der Waals surface area contributed by atoms with Crippen molar-refractivity contribution in [2.75, 3.05) is 13.1 Å². The van der Waals surface area contributed by atoms with Crippen LogP contribution in [0.2, 0.25) is 0 Å². The first kappa shape index (κ1) is 17.8. The highest BCUT2D eigenvalue weighted by Gasteiger charge is 2.58. The van der Waals surface area contributed by atoms with E-state index >= 15 is 0 Å². The van der Waals surface area contributed by atoms with E-state index in [-0.39, 0.29) is 5.54 Å². The van der Waals surface area contributed by atoms with Gasteiger partial charge in [-0.15, -0.1) is 0 Å². The summed E-state index contributed by atoms with van der Waals surface area (Å²) in [7, 11) is 0. The van der Waals surface area contributed by atoms with Crippen molar-refractivity contribution in [2.24, 2.45) is 11.8 Å². The summed E-state index contributed by atoms with van der Waals surface area (Å²) in [5.41, 5.74) is 3.55. The Morgan fingerprint density at radius 3 is 2.72 bits per heavy atom. The van der Waals surface area contributed by atoms with E-state index in [4.69, 9.17) is 0 Å². The summed E-state index contributed by atoms with van der Waals surface area (Å²) in [5, 5.41) is 0. The van der Waals surface area contributed by atoms with Gasteiger partial charge in [0, 0.05) is 42.2 Å². The van der Waals surface area contributed by atoms with Gasteiger partial charge in [0.2, 0.25) is 0 Å². The van der Waals surface area contributed by atoms with Crippen molar-refractivity contribution in [2.45, 2.75) is 103 Å². The third-order valence-corrected chi connectivity index (χ3v) is 7.87. The van der Waals surface area contributed by atoms with Crippen LogP contribution < -0.4 is 0 Å². The molecule has 2 saturated heterocycles. The minimum absolute atomic E-state index is 0.120. The molecule has 3 unspecified atom stereocenters. The first-order chi connectivity index (χ1) is 12.0. The molecule has 0 aromatic carbocycles. The van der Waals surface area contributed by atoms with Crippen molar-refractivity contribution in [1.82, 2.24) is 9.80 Å². The molecule has 0 N–H and O–H groups in total. The summed E-state index contributed by atoms with van der Waals surface area (Å²) < 4.78 is 14.5. The molecular formula is C22H37FN2. The van der Waals surface area contributed by atoms with Crippen molar-refractivity contribution in [3.8, 4) is 0 Å². The van der Waals surface area contributed by atoms with E-state index in [0.717, 1.165) is 31.8 Å². The van der Waals surface area contributed by atoms with Crippen molar-refractivity contribution in [1.29, 1.82) is 0 Å². The zero-order chi connectivity index (χ0) is 17.8. The molecule has 4 rings (SSSR count). The highest BCUT2D eigenvalue weighted by molar-refractivity contribution is 5.36. The highest BCUT2D eigenvalue weighted by Crippen LogP contribution is 2.59. The van der Waals surface area contributed by atoms with Crippen LogP contribution in [0, 0.1) is 11.8 Å². The lowest BCUT2D eigenvalue weighted by Gasteiger charge is -2.53. The molecule has 3 fully saturated rings. The largest absolute Gasteiger partial charge is 0.366 e. The summed E-state index contributed by atoms with van der Waals surface area (Å²) in [6.07, 6.45) is 8.45. The van der Waals surface area contributed by atoms with Gasteiger partial charge in [0.05, 0.1) is 0 Å².